The monoisotopic (exact) mass is 220 g/mol. The number of hydrogen-bond donors (Lipinski definition) is 1. The lowest BCUT2D eigenvalue weighted by Gasteiger charge is -2.10. The number of hydrogen-bond acceptors (Lipinski definition) is 3. The zero-order valence-corrected chi connectivity index (χ0v) is 8.59. The third-order valence-electron chi connectivity index (χ3n) is 2.11. The van der Waals surface area contributed by atoms with Crippen molar-refractivity contribution in [2.45, 2.75) is 6.10 Å². The second-order valence-corrected chi connectivity index (χ2v) is 3.57. The van der Waals surface area contributed by atoms with Gasteiger partial charge in [0.15, 0.2) is 0 Å². The quantitative estimate of drug-likeness (QED) is 0.844. The number of halogens is 1. The first-order chi connectivity index (χ1) is 7.27. The maximum Gasteiger partial charge on any atom is 0.106 e. The lowest BCUT2D eigenvalue weighted by Crippen LogP contribution is -2.00. The highest BCUT2D eigenvalue weighted by atomic mass is 35.5. The minimum Gasteiger partial charge on any atom is -0.384 e. The lowest BCUT2D eigenvalue weighted by molar-refractivity contribution is 0.219. The van der Waals surface area contributed by atoms with Crippen molar-refractivity contribution in [2.24, 2.45) is 0 Å². The van der Waals surface area contributed by atoms with E-state index in [-0.39, 0.29) is 0 Å². The van der Waals surface area contributed by atoms with E-state index in [2.05, 4.69) is 10.2 Å². The van der Waals surface area contributed by atoms with Gasteiger partial charge >= 0.3 is 0 Å². The topological polar surface area (TPSA) is 46.0 Å². The molecule has 0 radical (unpaired) electrons. The third-order valence-corrected chi connectivity index (χ3v) is 2.36. The summed E-state index contributed by atoms with van der Waals surface area (Å²) in [4.78, 5) is 0. The molecule has 0 fully saturated rings. The van der Waals surface area contributed by atoms with Crippen molar-refractivity contribution in [3.63, 3.8) is 0 Å². The van der Waals surface area contributed by atoms with Crippen molar-refractivity contribution >= 4 is 11.6 Å². The van der Waals surface area contributed by atoms with Crippen LogP contribution in [0.2, 0.25) is 5.02 Å². The van der Waals surface area contributed by atoms with Crippen LogP contribution in [0.5, 0.6) is 0 Å². The van der Waals surface area contributed by atoms with E-state index in [1.165, 1.54) is 0 Å². The minimum atomic E-state index is -0.683. The van der Waals surface area contributed by atoms with Gasteiger partial charge < -0.3 is 5.11 Å². The van der Waals surface area contributed by atoms with Gasteiger partial charge in [-0.3, -0.25) is 0 Å². The molecular formula is C11H9ClN2O. The van der Waals surface area contributed by atoms with Gasteiger partial charge in [-0.15, -0.1) is 0 Å². The molecule has 2 rings (SSSR count). The second-order valence-electron chi connectivity index (χ2n) is 3.13. The van der Waals surface area contributed by atoms with Crippen LogP contribution in [0.25, 0.3) is 0 Å². The van der Waals surface area contributed by atoms with E-state index in [1.807, 2.05) is 0 Å². The first-order valence-corrected chi connectivity index (χ1v) is 4.85. The van der Waals surface area contributed by atoms with Crippen molar-refractivity contribution in [3.05, 3.63) is 58.9 Å². The Morgan fingerprint density at radius 3 is 2.33 bits per heavy atom. The Morgan fingerprint density at radius 2 is 1.73 bits per heavy atom. The summed E-state index contributed by atoms with van der Waals surface area (Å²) in [6, 6.07) is 8.79. The van der Waals surface area contributed by atoms with Gasteiger partial charge in [0.2, 0.25) is 0 Å². The zero-order valence-electron chi connectivity index (χ0n) is 7.84. The Bertz CT molecular complexity index is 430. The Kier molecular flexibility index (Phi) is 2.94. The summed E-state index contributed by atoms with van der Waals surface area (Å²) in [5, 5.41) is 18.0. The smallest absolute Gasteiger partial charge is 0.106 e. The molecule has 1 atom stereocenters. The molecule has 0 spiro atoms. The highest BCUT2D eigenvalue weighted by molar-refractivity contribution is 6.30. The lowest BCUT2D eigenvalue weighted by atomic mass is 10.0. The molecule has 1 aromatic carbocycles. The van der Waals surface area contributed by atoms with Crippen LogP contribution in [0.1, 0.15) is 17.2 Å². The fourth-order valence-corrected chi connectivity index (χ4v) is 1.43. The molecule has 3 nitrogen and oxygen atoms in total. The molecule has 0 aliphatic carbocycles. The number of rotatable bonds is 2. The third kappa shape index (κ3) is 2.32. The van der Waals surface area contributed by atoms with Gasteiger partial charge in [-0.05, 0) is 23.8 Å². The number of nitrogens with zero attached hydrogens (tertiary/aromatic N) is 2. The number of aliphatic hydroxyl groups is 1. The van der Waals surface area contributed by atoms with Crippen LogP contribution in [0, 0.1) is 0 Å². The largest absolute Gasteiger partial charge is 0.384 e. The van der Waals surface area contributed by atoms with Crippen LogP contribution in [-0.2, 0) is 0 Å². The summed E-state index contributed by atoms with van der Waals surface area (Å²) in [5.41, 5.74) is 1.50. The average Bonchev–Trinajstić information content (AvgIpc) is 2.30. The van der Waals surface area contributed by atoms with Crippen LogP contribution in [-0.4, -0.2) is 15.3 Å². The Labute approximate surface area is 92.4 Å². The Hall–Kier alpha value is -1.45. The number of benzene rings is 1. The average molecular weight is 221 g/mol. The van der Waals surface area contributed by atoms with Crippen LogP contribution < -0.4 is 0 Å². The van der Waals surface area contributed by atoms with Crippen molar-refractivity contribution in [1.29, 1.82) is 0 Å². The van der Waals surface area contributed by atoms with E-state index in [4.69, 9.17) is 11.6 Å². The SMILES string of the molecule is OC(c1ccc(Cl)cc1)c1ccnnc1. The Balaban J connectivity index is 2.29. The molecule has 1 aromatic heterocycles. The van der Waals surface area contributed by atoms with E-state index in [0.29, 0.717) is 10.6 Å². The fraction of sp³-hybridized carbons (Fsp3) is 0.0909. The van der Waals surface area contributed by atoms with Gasteiger partial charge in [0.25, 0.3) is 0 Å². The van der Waals surface area contributed by atoms with Gasteiger partial charge in [0, 0.05) is 16.8 Å². The summed E-state index contributed by atoms with van der Waals surface area (Å²) in [6.07, 6.45) is 2.41. The van der Waals surface area contributed by atoms with Crippen LogP contribution in [0.3, 0.4) is 0 Å². The first-order valence-electron chi connectivity index (χ1n) is 4.47. The van der Waals surface area contributed by atoms with Crippen LogP contribution in [0.15, 0.2) is 42.7 Å². The molecule has 0 aliphatic heterocycles. The molecule has 1 unspecified atom stereocenters. The highest BCUT2D eigenvalue weighted by Gasteiger charge is 2.09. The summed E-state index contributed by atoms with van der Waals surface area (Å²) in [6.45, 7) is 0. The summed E-state index contributed by atoms with van der Waals surface area (Å²) in [5.74, 6) is 0. The molecule has 76 valence electrons. The summed E-state index contributed by atoms with van der Waals surface area (Å²) in [7, 11) is 0. The molecule has 2 aromatic rings. The molecule has 15 heavy (non-hydrogen) atoms. The highest BCUT2D eigenvalue weighted by Crippen LogP contribution is 2.21. The second kappa shape index (κ2) is 4.38. The van der Waals surface area contributed by atoms with Gasteiger partial charge in [0.1, 0.15) is 6.10 Å². The normalized spacial score (nSPS) is 12.4. The molecule has 0 amide bonds. The summed E-state index contributed by atoms with van der Waals surface area (Å²) >= 11 is 5.76. The van der Waals surface area contributed by atoms with Crippen LogP contribution >= 0.6 is 11.6 Å². The first kappa shape index (κ1) is 10.1. The van der Waals surface area contributed by atoms with Gasteiger partial charge in [-0.2, -0.15) is 10.2 Å². The predicted octanol–water partition coefficient (Wildman–Crippen LogP) is 2.21. The van der Waals surface area contributed by atoms with E-state index >= 15 is 0 Å². The molecule has 0 saturated carbocycles. The molecule has 0 bridgehead atoms. The van der Waals surface area contributed by atoms with Gasteiger partial charge in [-0.25, -0.2) is 0 Å². The van der Waals surface area contributed by atoms with Crippen LogP contribution in [0.4, 0.5) is 0 Å². The van der Waals surface area contributed by atoms with E-state index in [0.717, 1.165) is 5.56 Å². The number of aromatic nitrogens is 2. The van der Waals surface area contributed by atoms with Crippen molar-refractivity contribution < 1.29 is 5.11 Å². The molecule has 1 heterocycles. The van der Waals surface area contributed by atoms with E-state index in [1.54, 1.807) is 42.7 Å². The minimum absolute atomic E-state index is 0.652. The zero-order chi connectivity index (χ0) is 10.7. The summed E-state index contributed by atoms with van der Waals surface area (Å²) < 4.78 is 0. The fourth-order valence-electron chi connectivity index (χ4n) is 1.30. The standard InChI is InChI=1S/C11H9ClN2O/c12-10-3-1-8(2-4-10)11(15)9-5-6-13-14-7-9/h1-7,11,15H. The molecular weight excluding hydrogens is 212 g/mol. The van der Waals surface area contributed by atoms with Gasteiger partial charge in [0.05, 0.1) is 6.20 Å². The van der Waals surface area contributed by atoms with Crippen molar-refractivity contribution in [1.82, 2.24) is 10.2 Å². The van der Waals surface area contributed by atoms with Gasteiger partial charge in [-0.1, -0.05) is 23.7 Å². The molecule has 0 aliphatic rings. The number of aliphatic hydroxyl groups excluding tert-OH is 1. The maximum absolute atomic E-state index is 9.97. The van der Waals surface area contributed by atoms with Crippen molar-refractivity contribution in [2.75, 3.05) is 0 Å². The van der Waals surface area contributed by atoms with E-state index in [9.17, 15) is 5.11 Å². The predicted molar refractivity (Wildman–Crippen MR) is 57.5 cm³/mol. The molecule has 1 N–H and O–H groups in total. The van der Waals surface area contributed by atoms with E-state index < -0.39 is 6.10 Å². The molecule has 0 saturated heterocycles. The maximum atomic E-state index is 9.97. The van der Waals surface area contributed by atoms with Crippen molar-refractivity contribution in [3.8, 4) is 0 Å². The molecule has 4 heteroatoms. The Morgan fingerprint density at radius 1 is 1.00 bits per heavy atom.